The van der Waals surface area contributed by atoms with Gasteiger partial charge in [-0.2, -0.15) is 0 Å². The van der Waals surface area contributed by atoms with Crippen LogP contribution in [0.2, 0.25) is 0 Å². The zero-order valence-corrected chi connectivity index (χ0v) is 14.5. The van der Waals surface area contributed by atoms with Gasteiger partial charge >= 0.3 is 5.97 Å². The number of phenolic OH excluding ortho intramolecular Hbond substituents is 2. The van der Waals surface area contributed by atoms with Crippen molar-refractivity contribution in [3.8, 4) is 11.5 Å². The predicted octanol–water partition coefficient (Wildman–Crippen LogP) is 2.76. The van der Waals surface area contributed by atoms with Gasteiger partial charge in [0.05, 0.1) is 0 Å². The summed E-state index contributed by atoms with van der Waals surface area (Å²) < 4.78 is 5.67. The van der Waals surface area contributed by atoms with E-state index in [-0.39, 0.29) is 34.9 Å². The molecule has 0 heterocycles. The number of hydrogen-bond acceptors (Lipinski definition) is 5. The molecular weight excluding hydrogens is 308 g/mol. The molecule has 0 spiro atoms. The Morgan fingerprint density at radius 3 is 2.54 bits per heavy atom. The average molecular weight is 334 g/mol. The van der Waals surface area contributed by atoms with Crippen molar-refractivity contribution in [1.29, 1.82) is 0 Å². The number of ether oxygens (including phenoxy) is 1. The minimum atomic E-state index is -1.28. The zero-order chi connectivity index (χ0) is 17.7. The van der Waals surface area contributed by atoms with E-state index in [0.717, 1.165) is 12.8 Å². The van der Waals surface area contributed by atoms with Crippen LogP contribution in [0.4, 0.5) is 0 Å². The molecule has 2 fully saturated rings. The average Bonchev–Trinajstić information content (AvgIpc) is 2.84. The van der Waals surface area contributed by atoms with Crippen LogP contribution in [0.1, 0.15) is 45.6 Å². The number of hydrogen-bond donors (Lipinski definition) is 3. The van der Waals surface area contributed by atoms with E-state index in [9.17, 15) is 20.1 Å². The van der Waals surface area contributed by atoms with Gasteiger partial charge < -0.3 is 20.1 Å². The third kappa shape index (κ3) is 2.55. The number of carbonyl (C=O) groups is 1. The van der Waals surface area contributed by atoms with Crippen LogP contribution in [-0.2, 0) is 16.0 Å². The first kappa shape index (κ1) is 17.1. The number of rotatable bonds is 4. The van der Waals surface area contributed by atoms with E-state index < -0.39 is 12.1 Å². The Balaban J connectivity index is 1.64. The number of esters is 1. The Kier molecular flexibility index (Phi) is 4.03. The molecule has 1 aromatic carbocycles. The first-order chi connectivity index (χ1) is 11.1. The van der Waals surface area contributed by atoms with Crippen LogP contribution in [-0.4, -0.2) is 33.5 Å². The van der Waals surface area contributed by atoms with Crippen molar-refractivity contribution in [3.05, 3.63) is 23.8 Å². The molecule has 2 saturated carbocycles. The molecule has 2 aliphatic rings. The molecule has 2 unspecified atom stereocenters. The number of aromatic hydroxyl groups is 2. The van der Waals surface area contributed by atoms with Crippen molar-refractivity contribution < 1.29 is 24.9 Å². The molecule has 1 aromatic rings. The highest BCUT2D eigenvalue weighted by Crippen LogP contribution is 2.66. The van der Waals surface area contributed by atoms with Crippen molar-refractivity contribution in [2.45, 2.75) is 58.7 Å². The van der Waals surface area contributed by atoms with E-state index in [1.165, 1.54) is 18.6 Å². The molecule has 0 amide bonds. The molecule has 2 bridgehead atoms. The summed E-state index contributed by atoms with van der Waals surface area (Å²) in [5.41, 5.74) is 0.671. The maximum atomic E-state index is 12.3. The Morgan fingerprint density at radius 2 is 2.00 bits per heavy atom. The summed E-state index contributed by atoms with van der Waals surface area (Å²) in [5, 5.41) is 29.0. The van der Waals surface area contributed by atoms with E-state index in [2.05, 4.69) is 20.8 Å². The van der Waals surface area contributed by atoms with E-state index in [1.807, 2.05) is 0 Å². The van der Waals surface area contributed by atoms with Crippen molar-refractivity contribution in [2.24, 2.45) is 16.7 Å². The van der Waals surface area contributed by atoms with E-state index in [0.29, 0.717) is 11.5 Å². The summed E-state index contributed by atoms with van der Waals surface area (Å²) in [4.78, 5) is 12.3. The molecule has 5 nitrogen and oxygen atoms in total. The molecule has 3 N–H and O–H groups in total. The molecule has 24 heavy (non-hydrogen) atoms. The molecular formula is C19H26O5. The quantitative estimate of drug-likeness (QED) is 0.582. The summed E-state index contributed by atoms with van der Waals surface area (Å²) in [6.45, 7) is 6.67. The number of aliphatic hydroxyl groups excluding tert-OH is 1. The van der Waals surface area contributed by atoms with Crippen LogP contribution < -0.4 is 0 Å². The smallest absolute Gasteiger partial charge is 0.335 e. The highest BCUT2D eigenvalue weighted by Gasteiger charge is 2.63. The molecule has 132 valence electrons. The molecule has 4 atom stereocenters. The minimum absolute atomic E-state index is 0.0378. The first-order valence-corrected chi connectivity index (χ1v) is 8.54. The standard InChI is InChI=1S/C19H26O5/c1-18(2)12-6-7-19(18,3)16(10-12)24-17(23)15(22)9-11-4-5-13(20)14(21)8-11/h4-5,8,12,15-16,20-22H,6-7,9-10H2,1-3H3/t12-,15?,16+,19?/m1/s1. The number of fused-ring (bicyclic) bond motifs is 2. The Labute approximate surface area is 142 Å². The van der Waals surface area contributed by atoms with E-state index in [4.69, 9.17) is 4.74 Å². The van der Waals surface area contributed by atoms with Crippen molar-refractivity contribution >= 4 is 5.97 Å². The van der Waals surface area contributed by atoms with Gasteiger partial charge in [0, 0.05) is 11.8 Å². The molecule has 3 rings (SSSR count). The maximum Gasteiger partial charge on any atom is 0.335 e. The number of benzene rings is 1. The predicted molar refractivity (Wildman–Crippen MR) is 88.6 cm³/mol. The minimum Gasteiger partial charge on any atom is -0.504 e. The van der Waals surface area contributed by atoms with Gasteiger partial charge in [0.25, 0.3) is 0 Å². The van der Waals surface area contributed by atoms with Crippen LogP contribution in [0.3, 0.4) is 0 Å². The second-order valence-electron chi connectivity index (χ2n) is 8.08. The molecule has 0 saturated heterocycles. The van der Waals surface area contributed by atoms with Gasteiger partial charge in [-0.3, -0.25) is 0 Å². The fraction of sp³-hybridized carbons (Fsp3) is 0.632. The van der Waals surface area contributed by atoms with Crippen molar-refractivity contribution in [2.75, 3.05) is 0 Å². The lowest BCUT2D eigenvalue weighted by atomic mass is 9.70. The second kappa shape index (κ2) is 5.66. The number of phenols is 2. The molecule has 2 aliphatic carbocycles. The fourth-order valence-electron chi connectivity index (χ4n) is 4.53. The van der Waals surface area contributed by atoms with Gasteiger partial charge in [-0.1, -0.05) is 26.8 Å². The van der Waals surface area contributed by atoms with Gasteiger partial charge in [0.1, 0.15) is 6.10 Å². The third-order valence-corrected chi connectivity index (χ3v) is 6.71. The molecule has 5 heteroatoms. The summed E-state index contributed by atoms with van der Waals surface area (Å²) in [7, 11) is 0. The Morgan fingerprint density at radius 1 is 1.29 bits per heavy atom. The first-order valence-electron chi connectivity index (χ1n) is 8.54. The Hall–Kier alpha value is -1.75. The van der Waals surface area contributed by atoms with E-state index >= 15 is 0 Å². The lowest BCUT2D eigenvalue weighted by Gasteiger charge is -2.38. The SMILES string of the molecule is CC1(C)[C@@H]2CCC1(C)[C@@H](OC(=O)C(O)Cc1ccc(O)c(O)c1)C2. The topological polar surface area (TPSA) is 87.0 Å². The zero-order valence-electron chi connectivity index (χ0n) is 14.5. The lowest BCUT2D eigenvalue weighted by Crippen LogP contribution is -2.40. The summed E-state index contributed by atoms with van der Waals surface area (Å²) in [5.74, 6) is -0.549. The lowest BCUT2D eigenvalue weighted by molar-refractivity contribution is -0.166. The maximum absolute atomic E-state index is 12.3. The van der Waals surface area contributed by atoms with Crippen LogP contribution >= 0.6 is 0 Å². The number of carbonyl (C=O) groups excluding carboxylic acids is 1. The van der Waals surface area contributed by atoms with Crippen molar-refractivity contribution in [3.63, 3.8) is 0 Å². The van der Waals surface area contributed by atoms with Crippen LogP contribution in [0.5, 0.6) is 11.5 Å². The monoisotopic (exact) mass is 334 g/mol. The largest absolute Gasteiger partial charge is 0.504 e. The number of aliphatic hydroxyl groups is 1. The fourth-order valence-corrected chi connectivity index (χ4v) is 4.53. The molecule has 0 aliphatic heterocycles. The normalized spacial score (nSPS) is 31.8. The van der Waals surface area contributed by atoms with Crippen LogP contribution in [0, 0.1) is 16.7 Å². The second-order valence-corrected chi connectivity index (χ2v) is 8.08. The van der Waals surface area contributed by atoms with Gasteiger partial charge in [-0.05, 0) is 48.3 Å². The summed E-state index contributed by atoms with van der Waals surface area (Å²) in [6, 6.07) is 4.24. The highest BCUT2D eigenvalue weighted by molar-refractivity contribution is 5.75. The molecule has 0 radical (unpaired) electrons. The summed E-state index contributed by atoms with van der Waals surface area (Å²) >= 11 is 0. The summed E-state index contributed by atoms with van der Waals surface area (Å²) in [6.07, 6.45) is 1.70. The third-order valence-electron chi connectivity index (χ3n) is 6.71. The highest BCUT2D eigenvalue weighted by atomic mass is 16.6. The van der Waals surface area contributed by atoms with Gasteiger partial charge in [-0.25, -0.2) is 4.79 Å². The van der Waals surface area contributed by atoms with Crippen LogP contribution in [0.15, 0.2) is 18.2 Å². The van der Waals surface area contributed by atoms with Gasteiger partial charge in [-0.15, -0.1) is 0 Å². The molecule has 0 aromatic heterocycles. The van der Waals surface area contributed by atoms with Gasteiger partial charge in [0.15, 0.2) is 17.6 Å². The van der Waals surface area contributed by atoms with Crippen molar-refractivity contribution in [1.82, 2.24) is 0 Å². The van der Waals surface area contributed by atoms with Gasteiger partial charge in [0.2, 0.25) is 0 Å². The van der Waals surface area contributed by atoms with E-state index in [1.54, 1.807) is 6.07 Å². The Bertz CT molecular complexity index is 653. The van der Waals surface area contributed by atoms with Crippen LogP contribution in [0.25, 0.3) is 0 Å².